The third-order valence-electron chi connectivity index (χ3n) is 2.19. The zero-order valence-corrected chi connectivity index (χ0v) is 12.0. The number of para-hydroxylation sites is 1. The molecule has 0 bridgehead atoms. The van der Waals surface area contributed by atoms with E-state index in [1.54, 1.807) is 45.0 Å². The Labute approximate surface area is 117 Å². The van der Waals surface area contributed by atoms with Gasteiger partial charge in [0.1, 0.15) is 17.0 Å². The third kappa shape index (κ3) is 4.66. The molecule has 0 fully saturated rings. The molecule has 0 amide bonds. The van der Waals surface area contributed by atoms with Crippen molar-refractivity contribution in [2.45, 2.75) is 26.4 Å². The standard InChI is InChI=1S/C14H17N3O3/c1-14(2,3)20-13(18)11(16-17-15)9-10-7-5-6-8-12(10)19-4/h5-9H,1-4H3/b11-9-. The molecule has 0 saturated carbocycles. The summed E-state index contributed by atoms with van der Waals surface area (Å²) >= 11 is 0. The van der Waals surface area contributed by atoms with E-state index >= 15 is 0 Å². The molecule has 0 saturated heterocycles. The maximum atomic E-state index is 12.0. The molecule has 0 aliphatic heterocycles. The van der Waals surface area contributed by atoms with Crippen molar-refractivity contribution in [3.63, 3.8) is 0 Å². The van der Waals surface area contributed by atoms with Crippen LogP contribution < -0.4 is 4.74 Å². The third-order valence-corrected chi connectivity index (χ3v) is 2.19. The minimum atomic E-state index is -0.679. The minimum absolute atomic E-state index is 0.119. The van der Waals surface area contributed by atoms with Gasteiger partial charge in [-0.3, -0.25) is 0 Å². The predicted molar refractivity (Wildman–Crippen MR) is 76.0 cm³/mol. The lowest BCUT2D eigenvalue weighted by molar-refractivity contribution is -0.149. The highest BCUT2D eigenvalue weighted by molar-refractivity contribution is 5.93. The van der Waals surface area contributed by atoms with Crippen LogP contribution in [0.25, 0.3) is 16.5 Å². The van der Waals surface area contributed by atoms with Gasteiger partial charge < -0.3 is 9.47 Å². The van der Waals surface area contributed by atoms with E-state index in [2.05, 4.69) is 10.0 Å². The van der Waals surface area contributed by atoms with Crippen molar-refractivity contribution in [3.05, 3.63) is 46.0 Å². The molecule has 0 atom stereocenters. The molecular weight excluding hydrogens is 258 g/mol. The fourth-order valence-electron chi connectivity index (χ4n) is 1.44. The van der Waals surface area contributed by atoms with E-state index in [4.69, 9.17) is 15.0 Å². The lowest BCUT2D eigenvalue weighted by Gasteiger charge is -2.19. The number of esters is 1. The molecule has 0 spiro atoms. The van der Waals surface area contributed by atoms with Crippen LogP contribution in [-0.2, 0) is 9.53 Å². The van der Waals surface area contributed by atoms with E-state index in [0.717, 1.165) is 0 Å². The van der Waals surface area contributed by atoms with Crippen molar-refractivity contribution in [1.29, 1.82) is 0 Å². The Morgan fingerprint density at radius 2 is 2.00 bits per heavy atom. The lowest BCUT2D eigenvalue weighted by atomic mass is 10.1. The van der Waals surface area contributed by atoms with Gasteiger partial charge in [0, 0.05) is 10.5 Å². The number of hydrogen-bond acceptors (Lipinski definition) is 4. The summed E-state index contributed by atoms with van der Waals surface area (Å²) in [6, 6.07) is 7.08. The molecule has 1 rings (SSSR count). The lowest BCUT2D eigenvalue weighted by Crippen LogP contribution is -2.24. The number of hydrogen-bond donors (Lipinski definition) is 0. The van der Waals surface area contributed by atoms with E-state index in [-0.39, 0.29) is 5.70 Å². The Balaban J connectivity index is 3.16. The number of ether oxygens (including phenoxy) is 2. The molecule has 1 aromatic carbocycles. The number of rotatable bonds is 4. The summed E-state index contributed by atoms with van der Waals surface area (Å²) in [5, 5.41) is 3.39. The normalized spacial score (nSPS) is 11.5. The van der Waals surface area contributed by atoms with Gasteiger partial charge in [0.25, 0.3) is 0 Å². The summed E-state index contributed by atoms with van der Waals surface area (Å²) in [6.07, 6.45) is 1.44. The molecule has 0 aromatic heterocycles. The second-order valence-corrected chi connectivity index (χ2v) is 4.96. The van der Waals surface area contributed by atoms with E-state index in [0.29, 0.717) is 11.3 Å². The molecule has 1 aromatic rings. The van der Waals surface area contributed by atoms with Gasteiger partial charge in [0.15, 0.2) is 0 Å². The highest BCUT2D eigenvalue weighted by Gasteiger charge is 2.19. The molecule has 0 N–H and O–H groups in total. The van der Waals surface area contributed by atoms with E-state index < -0.39 is 11.6 Å². The first-order chi connectivity index (χ1) is 9.37. The zero-order valence-electron chi connectivity index (χ0n) is 12.0. The predicted octanol–water partition coefficient (Wildman–Crippen LogP) is 3.69. The van der Waals surface area contributed by atoms with Crippen LogP contribution in [0.1, 0.15) is 26.3 Å². The van der Waals surface area contributed by atoms with Crippen LogP contribution in [0.5, 0.6) is 5.75 Å². The van der Waals surface area contributed by atoms with Crippen LogP contribution in [-0.4, -0.2) is 18.7 Å². The average Bonchev–Trinajstić information content (AvgIpc) is 2.36. The van der Waals surface area contributed by atoms with Gasteiger partial charge in [-0.1, -0.05) is 23.3 Å². The smallest absolute Gasteiger partial charge is 0.341 e. The molecular formula is C14H17N3O3. The summed E-state index contributed by atoms with van der Waals surface area (Å²) < 4.78 is 10.4. The summed E-state index contributed by atoms with van der Waals surface area (Å²) in [5.41, 5.74) is 8.41. The number of nitrogens with zero attached hydrogens (tertiary/aromatic N) is 3. The molecule has 6 nitrogen and oxygen atoms in total. The maximum Gasteiger partial charge on any atom is 0.341 e. The Bertz CT molecular complexity index is 567. The van der Waals surface area contributed by atoms with Crippen molar-refractivity contribution in [3.8, 4) is 5.75 Å². The first-order valence-corrected chi connectivity index (χ1v) is 6.00. The Hall–Kier alpha value is -2.46. The van der Waals surface area contributed by atoms with Crippen LogP contribution >= 0.6 is 0 Å². The summed E-state index contributed by atoms with van der Waals surface area (Å²) in [4.78, 5) is 14.6. The second-order valence-electron chi connectivity index (χ2n) is 4.96. The number of carbonyl (C=O) groups excluding carboxylic acids is 1. The topological polar surface area (TPSA) is 84.3 Å². The highest BCUT2D eigenvalue weighted by atomic mass is 16.6. The van der Waals surface area contributed by atoms with Crippen molar-refractivity contribution in [2.24, 2.45) is 5.11 Å². The van der Waals surface area contributed by atoms with Crippen LogP contribution in [0.15, 0.2) is 35.1 Å². The summed E-state index contributed by atoms with van der Waals surface area (Å²) in [7, 11) is 1.52. The molecule has 20 heavy (non-hydrogen) atoms. The number of carbonyl (C=O) groups is 1. The monoisotopic (exact) mass is 275 g/mol. The maximum absolute atomic E-state index is 12.0. The molecule has 0 unspecified atom stereocenters. The quantitative estimate of drug-likeness (QED) is 0.276. The number of benzene rings is 1. The molecule has 0 aliphatic carbocycles. The fourth-order valence-corrected chi connectivity index (χ4v) is 1.44. The highest BCUT2D eigenvalue weighted by Crippen LogP contribution is 2.22. The van der Waals surface area contributed by atoms with Gasteiger partial charge in [0.2, 0.25) is 0 Å². The van der Waals surface area contributed by atoms with Crippen LogP contribution in [0.3, 0.4) is 0 Å². The van der Waals surface area contributed by atoms with Crippen molar-refractivity contribution in [1.82, 2.24) is 0 Å². The number of azide groups is 1. The van der Waals surface area contributed by atoms with Crippen molar-refractivity contribution in [2.75, 3.05) is 7.11 Å². The van der Waals surface area contributed by atoms with Gasteiger partial charge in [0.05, 0.1) is 7.11 Å². The molecule has 106 valence electrons. The molecule has 6 heteroatoms. The second kappa shape index (κ2) is 6.63. The van der Waals surface area contributed by atoms with Gasteiger partial charge >= 0.3 is 5.97 Å². The molecule has 0 heterocycles. The van der Waals surface area contributed by atoms with Crippen LogP contribution in [0.4, 0.5) is 0 Å². The van der Waals surface area contributed by atoms with Crippen molar-refractivity contribution < 1.29 is 14.3 Å². The van der Waals surface area contributed by atoms with E-state index in [1.807, 2.05) is 0 Å². The van der Waals surface area contributed by atoms with Gasteiger partial charge in [-0.05, 0) is 38.4 Å². The average molecular weight is 275 g/mol. The van der Waals surface area contributed by atoms with E-state index in [1.165, 1.54) is 13.2 Å². The minimum Gasteiger partial charge on any atom is -0.496 e. The van der Waals surface area contributed by atoms with E-state index in [9.17, 15) is 4.79 Å². The zero-order chi connectivity index (χ0) is 15.2. The summed E-state index contributed by atoms with van der Waals surface area (Å²) in [6.45, 7) is 5.21. The van der Waals surface area contributed by atoms with Gasteiger partial charge in [-0.15, -0.1) is 0 Å². The Kier molecular flexibility index (Phi) is 5.17. The van der Waals surface area contributed by atoms with Crippen LogP contribution in [0, 0.1) is 0 Å². The van der Waals surface area contributed by atoms with Crippen LogP contribution in [0.2, 0.25) is 0 Å². The SMILES string of the molecule is COc1ccccc1/C=C(\N=[N+]=[N-])C(=O)OC(C)(C)C. The summed E-state index contributed by atoms with van der Waals surface area (Å²) in [5.74, 6) is -0.108. The Morgan fingerprint density at radius 3 is 2.55 bits per heavy atom. The number of methoxy groups -OCH3 is 1. The molecule has 0 radical (unpaired) electrons. The first-order valence-electron chi connectivity index (χ1n) is 6.00. The largest absolute Gasteiger partial charge is 0.496 e. The first kappa shape index (κ1) is 15.6. The van der Waals surface area contributed by atoms with Crippen molar-refractivity contribution >= 4 is 12.0 Å². The molecule has 0 aliphatic rings. The van der Waals surface area contributed by atoms with Gasteiger partial charge in [-0.25, -0.2) is 4.79 Å². The fraction of sp³-hybridized carbons (Fsp3) is 0.357. The Morgan fingerprint density at radius 1 is 1.35 bits per heavy atom. The van der Waals surface area contributed by atoms with Gasteiger partial charge in [-0.2, -0.15) is 0 Å².